The van der Waals surface area contributed by atoms with Crippen LogP contribution in [0.3, 0.4) is 0 Å². The maximum absolute atomic E-state index is 12.8. The minimum Gasteiger partial charge on any atom is -0.455 e. The number of alkyl halides is 3. The van der Waals surface area contributed by atoms with Gasteiger partial charge in [0.1, 0.15) is 11.9 Å². The predicted molar refractivity (Wildman–Crippen MR) is 118 cm³/mol. The lowest BCUT2D eigenvalue weighted by atomic mass is 9.55. The molecule has 0 spiro atoms. The summed E-state index contributed by atoms with van der Waals surface area (Å²) >= 11 is 0. The fourth-order valence-corrected chi connectivity index (χ4v) is 6.70. The van der Waals surface area contributed by atoms with Crippen molar-refractivity contribution in [3.05, 3.63) is 65.2 Å². The van der Waals surface area contributed by atoms with Gasteiger partial charge in [0.15, 0.2) is 0 Å². The Bertz CT molecular complexity index is 1100. The highest BCUT2D eigenvalue weighted by Crippen LogP contribution is 2.61. The van der Waals surface area contributed by atoms with Crippen LogP contribution in [0.15, 0.2) is 48.5 Å². The minimum atomic E-state index is -4.96. The number of hydrogen-bond donors (Lipinski definition) is 0. The molecule has 180 valence electrons. The van der Waals surface area contributed by atoms with Gasteiger partial charge < -0.3 is 9.47 Å². The van der Waals surface area contributed by atoms with Crippen molar-refractivity contribution in [2.24, 2.45) is 17.3 Å². The lowest BCUT2D eigenvalue weighted by Gasteiger charge is -2.50. The van der Waals surface area contributed by atoms with Crippen LogP contribution in [0.1, 0.15) is 66.4 Å². The van der Waals surface area contributed by atoms with Gasteiger partial charge in [0.25, 0.3) is 0 Å². The Balaban J connectivity index is 1.31. The van der Waals surface area contributed by atoms with Crippen LogP contribution in [0.4, 0.5) is 13.2 Å². The lowest BCUT2D eigenvalue weighted by Crippen LogP contribution is -2.46. The highest BCUT2D eigenvalue weighted by Gasteiger charge is 2.57. The molecular formula is C27H27F3O4. The number of fused-ring (bicyclic) bond motifs is 5. The molecule has 3 aliphatic carbocycles. The average molecular weight is 473 g/mol. The van der Waals surface area contributed by atoms with Gasteiger partial charge >= 0.3 is 18.1 Å². The molecule has 3 aliphatic rings. The van der Waals surface area contributed by atoms with Crippen molar-refractivity contribution in [1.82, 2.24) is 0 Å². The molecule has 5 atom stereocenters. The second-order valence-corrected chi connectivity index (χ2v) is 10.0. The summed E-state index contributed by atoms with van der Waals surface area (Å²) in [5.41, 5.74) is 2.48. The van der Waals surface area contributed by atoms with Crippen LogP contribution in [-0.4, -0.2) is 24.2 Å². The van der Waals surface area contributed by atoms with Crippen molar-refractivity contribution in [3.8, 4) is 5.75 Å². The molecule has 0 unspecified atom stereocenters. The number of halogens is 3. The second kappa shape index (κ2) is 8.43. The van der Waals surface area contributed by atoms with Crippen molar-refractivity contribution in [1.29, 1.82) is 0 Å². The average Bonchev–Trinajstić information content (AvgIpc) is 3.14. The number of rotatable bonds is 3. The summed E-state index contributed by atoms with van der Waals surface area (Å²) in [4.78, 5) is 23.9. The predicted octanol–water partition coefficient (Wildman–Crippen LogP) is 6.24. The van der Waals surface area contributed by atoms with E-state index in [4.69, 9.17) is 9.47 Å². The van der Waals surface area contributed by atoms with Crippen molar-refractivity contribution < 1.29 is 32.2 Å². The molecule has 0 radical (unpaired) electrons. The van der Waals surface area contributed by atoms with Crippen LogP contribution in [0, 0.1) is 17.3 Å². The van der Waals surface area contributed by atoms with Crippen LogP contribution in [0.25, 0.3) is 0 Å². The van der Waals surface area contributed by atoms with Gasteiger partial charge in [-0.05, 0) is 91.7 Å². The van der Waals surface area contributed by atoms with E-state index < -0.39 is 29.6 Å². The maximum atomic E-state index is 12.8. The number of aryl methyl sites for hydroxylation is 1. The Morgan fingerprint density at radius 2 is 1.76 bits per heavy atom. The van der Waals surface area contributed by atoms with E-state index in [9.17, 15) is 22.8 Å². The maximum Gasteiger partial charge on any atom is 0.490 e. The van der Waals surface area contributed by atoms with E-state index in [2.05, 4.69) is 0 Å². The molecule has 2 aromatic carbocycles. The number of carbonyl (C=O) groups is 2. The van der Waals surface area contributed by atoms with Crippen molar-refractivity contribution in [2.75, 3.05) is 0 Å². The molecule has 2 saturated carbocycles. The van der Waals surface area contributed by atoms with Gasteiger partial charge in [-0.25, -0.2) is 9.59 Å². The van der Waals surface area contributed by atoms with Gasteiger partial charge in [0.05, 0.1) is 5.56 Å². The quantitative estimate of drug-likeness (QED) is 0.392. The number of hydrogen-bond acceptors (Lipinski definition) is 4. The summed E-state index contributed by atoms with van der Waals surface area (Å²) in [6.45, 7) is 2.00. The normalized spacial score (nSPS) is 30.0. The number of benzene rings is 2. The zero-order valence-electron chi connectivity index (χ0n) is 18.9. The molecular weight excluding hydrogens is 445 g/mol. The Labute approximate surface area is 196 Å². The number of esters is 2. The first-order chi connectivity index (χ1) is 16.2. The SMILES string of the molecule is C[C@]12CC[C@@H]3c4ccc(OC(=O)c5ccccc5)cc4CC[C@H]3[C@@H]1CC[C@H]2OC(=O)C(F)(F)F. The molecule has 0 N–H and O–H groups in total. The number of ether oxygens (including phenoxy) is 2. The highest BCUT2D eigenvalue weighted by atomic mass is 19.4. The molecule has 34 heavy (non-hydrogen) atoms. The minimum absolute atomic E-state index is 0.223. The summed E-state index contributed by atoms with van der Waals surface area (Å²) in [7, 11) is 0. The van der Waals surface area contributed by atoms with Gasteiger partial charge in [-0.1, -0.05) is 31.2 Å². The van der Waals surface area contributed by atoms with Gasteiger partial charge in [-0.3, -0.25) is 0 Å². The monoisotopic (exact) mass is 472 g/mol. The lowest BCUT2D eigenvalue weighted by molar-refractivity contribution is -0.211. The van der Waals surface area contributed by atoms with Gasteiger partial charge in [-0.2, -0.15) is 13.2 Å². The molecule has 0 aliphatic heterocycles. The van der Waals surface area contributed by atoms with Crippen molar-refractivity contribution >= 4 is 11.9 Å². The first-order valence-electron chi connectivity index (χ1n) is 11.8. The fraction of sp³-hybridized carbons (Fsp3) is 0.481. The topological polar surface area (TPSA) is 52.6 Å². The Kier molecular flexibility index (Phi) is 5.69. The standard InChI is InChI=1S/C27H27F3O4/c1-26-14-13-20-19-10-8-18(33-24(31)16-5-3-2-4-6-16)15-17(19)7-9-21(20)22(26)11-12-23(26)34-25(32)27(28,29)30/h2-6,8,10,15,20-23H,7,9,11-14H2,1H3/t20-,21-,22+,23-,26+/m1/s1. The molecule has 0 saturated heterocycles. The third-order valence-corrected chi connectivity index (χ3v) is 8.31. The van der Waals surface area contributed by atoms with Crippen LogP contribution < -0.4 is 4.74 Å². The Morgan fingerprint density at radius 1 is 1.00 bits per heavy atom. The first kappa shape index (κ1) is 22.9. The van der Waals surface area contributed by atoms with Crippen LogP contribution in [0.2, 0.25) is 0 Å². The largest absolute Gasteiger partial charge is 0.490 e. The van der Waals surface area contributed by atoms with E-state index in [1.54, 1.807) is 24.3 Å². The molecule has 0 heterocycles. The summed E-state index contributed by atoms with van der Waals surface area (Å²) in [5, 5.41) is 0. The fourth-order valence-electron chi connectivity index (χ4n) is 6.70. The van der Waals surface area contributed by atoms with E-state index in [1.165, 1.54) is 11.1 Å². The van der Waals surface area contributed by atoms with E-state index in [-0.39, 0.29) is 5.92 Å². The molecule has 0 bridgehead atoms. The zero-order valence-corrected chi connectivity index (χ0v) is 18.9. The molecule has 0 aromatic heterocycles. The zero-order chi connectivity index (χ0) is 24.1. The van der Waals surface area contributed by atoms with E-state index in [1.807, 2.05) is 31.2 Å². The van der Waals surface area contributed by atoms with Gasteiger partial charge in [0, 0.05) is 5.41 Å². The Hall–Kier alpha value is -2.83. The summed E-state index contributed by atoms with van der Waals surface area (Å²) in [5.74, 6) is -1.06. The van der Waals surface area contributed by atoms with Crippen molar-refractivity contribution in [2.45, 2.75) is 63.6 Å². The third kappa shape index (κ3) is 3.99. The second-order valence-electron chi connectivity index (χ2n) is 10.0. The molecule has 2 aromatic rings. The third-order valence-electron chi connectivity index (χ3n) is 8.31. The summed E-state index contributed by atoms with van der Waals surface area (Å²) in [6, 6.07) is 14.7. The van der Waals surface area contributed by atoms with Crippen LogP contribution >= 0.6 is 0 Å². The molecule has 0 amide bonds. The number of carbonyl (C=O) groups excluding carboxylic acids is 2. The van der Waals surface area contributed by atoms with Crippen LogP contribution in [-0.2, 0) is 16.0 Å². The molecule has 2 fully saturated rings. The first-order valence-corrected chi connectivity index (χ1v) is 11.8. The molecule has 5 rings (SSSR count). The summed E-state index contributed by atoms with van der Waals surface area (Å²) in [6.07, 6.45) is -1.08. The van der Waals surface area contributed by atoms with Crippen molar-refractivity contribution in [3.63, 3.8) is 0 Å². The smallest absolute Gasteiger partial charge is 0.455 e. The molecule has 4 nitrogen and oxygen atoms in total. The van der Waals surface area contributed by atoms with Crippen LogP contribution in [0.5, 0.6) is 5.75 Å². The van der Waals surface area contributed by atoms with E-state index in [0.717, 1.165) is 32.1 Å². The van der Waals surface area contributed by atoms with E-state index in [0.29, 0.717) is 29.6 Å². The van der Waals surface area contributed by atoms with E-state index >= 15 is 0 Å². The van der Waals surface area contributed by atoms with Gasteiger partial charge in [-0.15, -0.1) is 0 Å². The van der Waals surface area contributed by atoms with Gasteiger partial charge in [0.2, 0.25) is 0 Å². The Morgan fingerprint density at radius 3 is 2.50 bits per heavy atom. The molecule has 7 heteroatoms. The highest BCUT2D eigenvalue weighted by molar-refractivity contribution is 5.91. The summed E-state index contributed by atoms with van der Waals surface area (Å²) < 4.78 is 48.9.